The molecule has 1 fully saturated rings. The highest BCUT2D eigenvalue weighted by Gasteiger charge is 2.48. The second kappa shape index (κ2) is 7.70. The van der Waals surface area contributed by atoms with Crippen molar-refractivity contribution in [1.82, 2.24) is 0 Å². The first-order valence-electron chi connectivity index (χ1n) is 7.40. The summed E-state index contributed by atoms with van der Waals surface area (Å²) in [5, 5.41) is 48.5. The van der Waals surface area contributed by atoms with E-state index >= 15 is 0 Å². The van der Waals surface area contributed by atoms with E-state index in [1.807, 2.05) is 0 Å². The number of aromatic hydroxyl groups is 1. The highest BCUT2D eigenvalue weighted by atomic mass is 16.7. The van der Waals surface area contributed by atoms with Crippen LogP contribution >= 0.6 is 0 Å². The van der Waals surface area contributed by atoms with E-state index in [0.717, 1.165) is 0 Å². The summed E-state index contributed by atoms with van der Waals surface area (Å²) >= 11 is 0. The van der Waals surface area contributed by atoms with Gasteiger partial charge in [0.1, 0.15) is 24.1 Å². The van der Waals surface area contributed by atoms with Gasteiger partial charge in [-0.05, 0) is 12.5 Å². The van der Waals surface area contributed by atoms with Crippen LogP contribution in [-0.4, -0.2) is 69.3 Å². The molecule has 5 unspecified atom stereocenters. The van der Waals surface area contributed by atoms with E-state index in [0.29, 0.717) is 12.0 Å². The van der Waals surface area contributed by atoms with Gasteiger partial charge in [-0.1, -0.05) is 6.08 Å². The molecule has 1 aliphatic rings. The van der Waals surface area contributed by atoms with E-state index in [1.165, 1.54) is 19.2 Å². The Kier molecular flexibility index (Phi) is 5.85. The third kappa shape index (κ3) is 3.85. The van der Waals surface area contributed by atoms with Crippen molar-refractivity contribution < 1.29 is 44.5 Å². The summed E-state index contributed by atoms with van der Waals surface area (Å²) < 4.78 is 15.6. The van der Waals surface area contributed by atoms with E-state index in [4.69, 9.17) is 19.3 Å². The van der Waals surface area contributed by atoms with Crippen molar-refractivity contribution in [1.29, 1.82) is 0 Å². The number of ether oxygens (including phenoxy) is 3. The van der Waals surface area contributed by atoms with Gasteiger partial charge in [-0.25, -0.2) is 4.79 Å². The topological polar surface area (TPSA) is 146 Å². The van der Waals surface area contributed by atoms with Crippen molar-refractivity contribution in [2.45, 2.75) is 37.1 Å². The molecule has 9 nitrogen and oxygen atoms in total. The van der Waals surface area contributed by atoms with Crippen molar-refractivity contribution in [3.8, 4) is 17.2 Å². The fourth-order valence-corrected chi connectivity index (χ4v) is 2.44. The van der Waals surface area contributed by atoms with E-state index in [9.17, 15) is 25.2 Å². The lowest BCUT2D eigenvalue weighted by Crippen LogP contribution is -2.61. The summed E-state index contributed by atoms with van der Waals surface area (Å²) in [6, 6.07) is 2.70. The number of phenolic OH excluding ortho intramolecular Hbond substituents is 1. The van der Waals surface area contributed by atoms with Crippen LogP contribution < -0.4 is 9.47 Å². The standard InChI is InChI=1S/C16H20O9/c1-3-4-7-5-9(23-2)10(6-8(7)17)24-16-13(20)11(18)12(19)14(25-16)15(21)22/h3,5-6,11-14,16-20H,1,4H2,2H3,(H,21,22). The third-order valence-electron chi connectivity index (χ3n) is 3.79. The molecular weight excluding hydrogens is 336 g/mol. The predicted molar refractivity (Wildman–Crippen MR) is 83.5 cm³/mol. The number of methoxy groups -OCH3 is 1. The first kappa shape index (κ1) is 19.0. The Bertz CT molecular complexity index is 645. The fraction of sp³-hybridized carbons (Fsp3) is 0.438. The molecule has 0 aliphatic carbocycles. The van der Waals surface area contributed by atoms with Gasteiger partial charge in [-0.2, -0.15) is 0 Å². The summed E-state index contributed by atoms with van der Waals surface area (Å²) in [7, 11) is 1.35. The molecule has 1 aromatic rings. The second-order valence-corrected chi connectivity index (χ2v) is 5.48. The molecular formula is C16H20O9. The zero-order valence-corrected chi connectivity index (χ0v) is 13.4. The van der Waals surface area contributed by atoms with Gasteiger partial charge in [0.25, 0.3) is 0 Å². The van der Waals surface area contributed by atoms with Crippen LogP contribution in [0.3, 0.4) is 0 Å². The van der Waals surface area contributed by atoms with Crippen LogP contribution in [0.15, 0.2) is 24.8 Å². The van der Waals surface area contributed by atoms with E-state index < -0.39 is 36.7 Å². The van der Waals surface area contributed by atoms with Gasteiger partial charge in [0.2, 0.25) is 6.29 Å². The molecule has 138 valence electrons. The lowest BCUT2D eigenvalue weighted by Gasteiger charge is -2.38. The molecule has 1 heterocycles. The molecule has 0 amide bonds. The van der Waals surface area contributed by atoms with E-state index in [1.54, 1.807) is 6.08 Å². The highest BCUT2D eigenvalue weighted by molar-refractivity contribution is 5.73. The van der Waals surface area contributed by atoms with Gasteiger partial charge in [0.15, 0.2) is 17.6 Å². The molecule has 0 bridgehead atoms. The number of carboxylic acids is 1. The van der Waals surface area contributed by atoms with E-state index in [-0.39, 0.29) is 17.2 Å². The Labute approximate surface area is 143 Å². The number of hydrogen-bond acceptors (Lipinski definition) is 8. The number of aliphatic carboxylic acids is 1. The fourth-order valence-electron chi connectivity index (χ4n) is 2.44. The molecule has 0 spiro atoms. The van der Waals surface area contributed by atoms with Crippen molar-refractivity contribution in [3.63, 3.8) is 0 Å². The number of carbonyl (C=O) groups is 1. The number of benzene rings is 1. The average Bonchev–Trinajstić information content (AvgIpc) is 2.57. The zero-order valence-electron chi connectivity index (χ0n) is 13.4. The minimum absolute atomic E-state index is 0.0374. The number of hydrogen-bond donors (Lipinski definition) is 5. The normalized spacial score (nSPS) is 29.0. The second-order valence-electron chi connectivity index (χ2n) is 5.48. The lowest BCUT2D eigenvalue weighted by molar-refractivity contribution is -0.271. The Morgan fingerprint density at radius 1 is 1.24 bits per heavy atom. The van der Waals surface area contributed by atoms with Gasteiger partial charge < -0.3 is 39.7 Å². The Balaban J connectivity index is 2.29. The Hall–Kier alpha value is -2.33. The summed E-state index contributed by atoms with van der Waals surface area (Å²) in [4.78, 5) is 11.1. The third-order valence-corrected chi connectivity index (χ3v) is 3.79. The zero-order chi connectivity index (χ0) is 18.7. The number of aliphatic hydroxyl groups excluding tert-OH is 3. The molecule has 0 radical (unpaired) electrons. The summed E-state index contributed by atoms with van der Waals surface area (Å²) in [6.07, 6.45) is -6.77. The molecule has 9 heteroatoms. The number of phenols is 1. The quantitative estimate of drug-likeness (QED) is 0.422. The molecule has 2 rings (SSSR count). The van der Waals surface area contributed by atoms with Crippen molar-refractivity contribution in [2.24, 2.45) is 0 Å². The Morgan fingerprint density at radius 2 is 1.92 bits per heavy atom. The molecule has 25 heavy (non-hydrogen) atoms. The van der Waals surface area contributed by atoms with Gasteiger partial charge in [0.05, 0.1) is 7.11 Å². The van der Waals surface area contributed by atoms with Crippen molar-refractivity contribution in [2.75, 3.05) is 7.11 Å². The number of rotatable bonds is 6. The lowest BCUT2D eigenvalue weighted by atomic mass is 9.99. The van der Waals surface area contributed by atoms with Crippen LogP contribution in [0.25, 0.3) is 0 Å². The average molecular weight is 356 g/mol. The molecule has 1 saturated heterocycles. The maximum atomic E-state index is 11.1. The van der Waals surface area contributed by atoms with E-state index in [2.05, 4.69) is 6.58 Å². The number of carboxylic acid groups (broad SMARTS) is 1. The minimum atomic E-state index is -1.82. The molecule has 5 atom stereocenters. The van der Waals surface area contributed by atoms with Crippen LogP contribution in [0.4, 0.5) is 0 Å². The van der Waals surface area contributed by atoms with Crippen LogP contribution in [0.1, 0.15) is 5.56 Å². The molecule has 5 N–H and O–H groups in total. The molecule has 1 aromatic carbocycles. The summed E-state index contributed by atoms with van der Waals surface area (Å²) in [6.45, 7) is 3.58. The maximum absolute atomic E-state index is 11.1. The Morgan fingerprint density at radius 3 is 2.48 bits per heavy atom. The first-order chi connectivity index (χ1) is 11.8. The largest absolute Gasteiger partial charge is 0.508 e. The maximum Gasteiger partial charge on any atom is 0.335 e. The van der Waals surface area contributed by atoms with Crippen LogP contribution in [0.5, 0.6) is 17.2 Å². The first-order valence-corrected chi connectivity index (χ1v) is 7.40. The van der Waals surface area contributed by atoms with Crippen molar-refractivity contribution >= 4 is 5.97 Å². The van der Waals surface area contributed by atoms with Gasteiger partial charge in [0, 0.05) is 11.6 Å². The van der Waals surface area contributed by atoms with Gasteiger partial charge in [-0.15, -0.1) is 6.58 Å². The van der Waals surface area contributed by atoms with Crippen LogP contribution in [0.2, 0.25) is 0 Å². The SMILES string of the molecule is C=CCc1cc(OC)c(OC2OC(C(=O)O)C(O)C(O)C2O)cc1O. The summed E-state index contributed by atoms with van der Waals surface area (Å²) in [5.74, 6) is -1.50. The number of allylic oxidation sites excluding steroid dienone is 1. The smallest absolute Gasteiger partial charge is 0.335 e. The molecule has 0 saturated carbocycles. The monoisotopic (exact) mass is 356 g/mol. The molecule has 1 aliphatic heterocycles. The number of aliphatic hydroxyl groups is 3. The van der Waals surface area contributed by atoms with Crippen LogP contribution in [-0.2, 0) is 16.0 Å². The van der Waals surface area contributed by atoms with Gasteiger partial charge in [-0.3, -0.25) is 0 Å². The highest BCUT2D eigenvalue weighted by Crippen LogP contribution is 2.36. The van der Waals surface area contributed by atoms with Gasteiger partial charge >= 0.3 is 5.97 Å². The van der Waals surface area contributed by atoms with Crippen molar-refractivity contribution in [3.05, 3.63) is 30.4 Å². The minimum Gasteiger partial charge on any atom is -0.508 e. The van der Waals surface area contributed by atoms with Crippen LogP contribution in [0, 0.1) is 0 Å². The predicted octanol–water partition coefficient (Wildman–Crippen LogP) is -0.600. The summed E-state index contributed by atoms with van der Waals surface area (Å²) in [5.41, 5.74) is 0.517. The molecule has 0 aromatic heterocycles.